The molecule has 0 atom stereocenters. The molecule has 2 rings (SSSR count). The molecular weight excluding hydrogens is 494 g/mol. The quantitative estimate of drug-likeness (QED) is 0.350. The van der Waals surface area contributed by atoms with Crippen LogP contribution in [0.15, 0.2) is 46.9 Å². The Hall–Kier alpha value is -2.65. The molecule has 0 bridgehead atoms. The van der Waals surface area contributed by atoms with E-state index in [-0.39, 0.29) is 5.11 Å². The summed E-state index contributed by atoms with van der Waals surface area (Å²) in [5.74, 6) is 1.00. The minimum absolute atomic E-state index is 0.0463. The summed E-state index contributed by atoms with van der Waals surface area (Å²) < 4.78 is 12.1. The van der Waals surface area contributed by atoms with Gasteiger partial charge in [0.15, 0.2) is 5.11 Å². The van der Waals surface area contributed by atoms with Gasteiger partial charge in [-0.05, 0) is 66.5 Å². The first-order valence-corrected chi connectivity index (χ1v) is 11.4. The molecule has 0 saturated carbocycles. The molecule has 0 heterocycles. The zero-order chi connectivity index (χ0) is 23.7. The highest BCUT2D eigenvalue weighted by molar-refractivity contribution is 9.10. The van der Waals surface area contributed by atoms with Crippen molar-refractivity contribution < 1.29 is 19.1 Å². The van der Waals surface area contributed by atoms with E-state index in [9.17, 15) is 9.59 Å². The van der Waals surface area contributed by atoms with E-state index < -0.39 is 11.8 Å². The van der Waals surface area contributed by atoms with Crippen molar-refractivity contribution in [3.8, 4) is 11.5 Å². The SMILES string of the molecule is CC(C)COc1ccc(C(=O)NNC(=S)NC(=O)c2cc(Br)ccc2OCC(C)C)cc1. The van der Waals surface area contributed by atoms with Crippen LogP contribution in [0, 0.1) is 11.8 Å². The molecule has 9 heteroatoms. The van der Waals surface area contributed by atoms with Crippen LogP contribution in [0.25, 0.3) is 0 Å². The van der Waals surface area contributed by atoms with Crippen molar-refractivity contribution in [1.82, 2.24) is 16.2 Å². The first kappa shape index (κ1) is 25.6. The minimum atomic E-state index is -0.455. The Morgan fingerprint density at radius 2 is 1.53 bits per heavy atom. The summed E-state index contributed by atoms with van der Waals surface area (Å²) in [5, 5.41) is 2.49. The van der Waals surface area contributed by atoms with Crippen LogP contribution in [0.4, 0.5) is 0 Å². The molecule has 2 aromatic carbocycles. The van der Waals surface area contributed by atoms with E-state index in [1.807, 2.05) is 13.8 Å². The normalized spacial score (nSPS) is 10.6. The summed E-state index contributed by atoms with van der Waals surface area (Å²) in [7, 11) is 0. The van der Waals surface area contributed by atoms with E-state index in [2.05, 4.69) is 45.9 Å². The van der Waals surface area contributed by atoms with Crippen molar-refractivity contribution in [2.24, 2.45) is 11.8 Å². The predicted octanol–water partition coefficient (Wildman–Crippen LogP) is 4.47. The number of carbonyl (C=O) groups is 2. The van der Waals surface area contributed by atoms with Crippen molar-refractivity contribution in [3.63, 3.8) is 0 Å². The Bertz CT molecular complexity index is 949. The van der Waals surface area contributed by atoms with Gasteiger partial charge in [0.1, 0.15) is 11.5 Å². The number of amides is 2. The number of halogens is 1. The average Bonchev–Trinajstić information content (AvgIpc) is 2.75. The molecule has 0 radical (unpaired) electrons. The Labute approximate surface area is 202 Å². The fourth-order valence-electron chi connectivity index (χ4n) is 2.41. The third-order valence-electron chi connectivity index (χ3n) is 3.97. The van der Waals surface area contributed by atoms with Crippen LogP contribution in [-0.4, -0.2) is 30.1 Å². The van der Waals surface area contributed by atoms with E-state index in [0.29, 0.717) is 47.7 Å². The van der Waals surface area contributed by atoms with Crippen LogP contribution in [0.2, 0.25) is 0 Å². The average molecular weight is 522 g/mol. The number of hydrogen-bond donors (Lipinski definition) is 3. The lowest BCUT2D eigenvalue weighted by Crippen LogP contribution is -2.48. The molecule has 172 valence electrons. The number of benzene rings is 2. The van der Waals surface area contributed by atoms with Gasteiger partial charge in [-0.2, -0.15) is 0 Å². The maximum Gasteiger partial charge on any atom is 0.269 e. The number of nitrogens with one attached hydrogen (secondary N) is 3. The van der Waals surface area contributed by atoms with Gasteiger partial charge in [0.25, 0.3) is 11.8 Å². The number of rotatable bonds is 8. The monoisotopic (exact) mass is 521 g/mol. The van der Waals surface area contributed by atoms with Crippen LogP contribution in [-0.2, 0) is 0 Å². The summed E-state index contributed by atoms with van der Waals surface area (Å²) in [6.07, 6.45) is 0. The highest BCUT2D eigenvalue weighted by atomic mass is 79.9. The van der Waals surface area contributed by atoms with Gasteiger partial charge >= 0.3 is 0 Å². The number of carbonyl (C=O) groups excluding carboxylic acids is 2. The van der Waals surface area contributed by atoms with Crippen molar-refractivity contribution in [3.05, 3.63) is 58.1 Å². The van der Waals surface area contributed by atoms with Gasteiger partial charge in [-0.1, -0.05) is 43.6 Å². The number of ether oxygens (including phenoxy) is 2. The van der Waals surface area contributed by atoms with E-state index >= 15 is 0 Å². The molecule has 0 saturated heterocycles. The molecule has 2 aromatic rings. The summed E-state index contributed by atoms with van der Waals surface area (Å²) in [6, 6.07) is 11.9. The first-order chi connectivity index (χ1) is 15.2. The minimum Gasteiger partial charge on any atom is -0.493 e. The molecule has 0 unspecified atom stereocenters. The molecule has 2 amide bonds. The van der Waals surface area contributed by atoms with Crippen LogP contribution in [0.3, 0.4) is 0 Å². The van der Waals surface area contributed by atoms with Crippen LogP contribution in [0.5, 0.6) is 11.5 Å². The molecule has 0 aliphatic heterocycles. The Morgan fingerprint density at radius 1 is 0.906 bits per heavy atom. The molecule has 0 aliphatic carbocycles. The zero-order valence-electron chi connectivity index (χ0n) is 18.5. The first-order valence-electron chi connectivity index (χ1n) is 10.2. The van der Waals surface area contributed by atoms with E-state index in [1.165, 1.54) is 0 Å². The molecule has 0 fully saturated rings. The van der Waals surface area contributed by atoms with Gasteiger partial charge in [-0.3, -0.25) is 25.8 Å². The molecule has 32 heavy (non-hydrogen) atoms. The molecule has 0 aromatic heterocycles. The maximum absolute atomic E-state index is 12.7. The maximum atomic E-state index is 12.7. The van der Waals surface area contributed by atoms with E-state index in [1.54, 1.807) is 42.5 Å². The molecular formula is C23H28BrN3O4S. The number of thiocarbonyl (C=S) groups is 1. The van der Waals surface area contributed by atoms with Crippen LogP contribution in [0.1, 0.15) is 48.4 Å². The zero-order valence-corrected chi connectivity index (χ0v) is 20.9. The van der Waals surface area contributed by atoms with Gasteiger partial charge in [0.2, 0.25) is 0 Å². The van der Waals surface area contributed by atoms with Gasteiger partial charge in [0.05, 0.1) is 18.8 Å². The standard InChI is InChI=1S/C23H28BrN3O4S/c1-14(2)12-30-18-8-5-16(6-9-18)21(28)26-27-23(32)25-22(29)19-11-17(24)7-10-20(19)31-13-15(3)4/h5-11,14-15H,12-13H2,1-4H3,(H,26,28)(H2,25,27,29,32). The van der Waals surface area contributed by atoms with E-state index in [0.717, 1.165) is 4.47 Å². The topological polar surface area (TPSA) is 88.7 Å². The lowest BCUT2D eigenvalue weighted by atomic mass is 10.2. The molecule has 0 aliphatic rings. The van der Waals surface area contributed by atoms with Crippen molar-refractivity contribution in [1.29, 1.82) is 0 Å². The second-order valence-electron chi connectivity index (χ2n) is 7.94. The van der Waals surface area contributed by atoms with Crippen molar-refractivity contribution in [2.45, 2.75) is 27.7 Å². The summed E-state index contributed by atoms with van der Waals surface area (Å²) >= 11 is 8.49. The Morgan fingerprint density at radius 3 is 2.16 bits per heavy atom. The van der Waals surface area contributed by atoms with Gasteiger partial charge in [-0.15, -0.1) is 0 Å². The largest absolute Gasteiger partial charge is 0.493 e. The van der Waals surface area contributed by atoms with Gasteiger partial charge in [0, 0.05) is 10.0 Å². The highest BCUT2D eigenvalue weighted by Gasteiger charge is 2.16. The lowest BCUT2D eigenvalue weighted by Gasteiger charge is -2.15. The van der Waals surface area contributed by atoms with Crippen LogP contribution < -0.4 is 25.6 Å². The van der Waals surface area contributed by atoms with E-state index in [4.69, 9.17) is 21.7 Å². The second-order valence-corrected chi connectivity index (χ2v) is 9.26. The Kier molecular flexibility index (Phi) is 9.93. The fraction of sp³-hybridized carbons (Fsp3) is 0.348. The second kappa shape index (κ2) is 12.4. The molecule has 7 nitrogen and oxygen atoms in total. The third kappa shape index (κ3) is 8.47. The number of hydrazine groups is 1. The Balaban J connectivity index is 1.90. The summed E-state index contributed by atoms with van der Waals surface area (Å²) in [5.41, 5.74) is 5.74. The number of hydrogen-bond acceptors (Lipinski definition) is 5. The summed E-state index contributed by atoms with van der Waals surface area (Å²) in [6.45, 7) is 9.24. The third-order valence-corrected chi connectivity index (χ3v) is 4.67. The van der Waals surface area contributed by atoms with Crippen LogP contribution >= 0.6 is 28.1 Å². The van der Waals surface area contributed by atoms with Gasteiger partial charge < -0.3 is 9.47 Å². The smallest absolute Gasteiger partial charge is 0.269 e. The summed E-state index contributed by atoms with van der Waals surface area (Å²) in [4.78, 5) is 25.0. The molecule has 0 spiro atoms. The molecule has 3 N–H and O–H groups in total. The predicted molar refractivity (Wildman–Crippen MR) is 132 cm³/mol. The highest BCUT2D eigenvalue weighted by Crippen LogP contribution is 2.24. The lowest BCUT2D eigenvalue weighted by molar-refractivity contribution is 0.0933. The van der Waals surface area contributed by atoms with Gasteiger partial charge in [-0.25, -0.2) is 0 Å². The van der Waals surface area contributed by atoms with Crippen molar-refractivity contribution >= 4 is 45.1 Å². The fourth-order valence-corrected chi connectivity index (χ4v) is 2.92. The van der Waals surface area contributed by atoms with Crippen molar-refractivity contribution in [2.75, 3.05) is 13.2 Å².